The van der Waals surface area contributed by atoms with E-state index in [1.807, 2.05) is 0 Å². The molecule has 0 aliphatic heterocycles. The quantitative estimate of drug-likeness (QED) is 0.0808. The normalized spacial score (nSPS) is 12.6. The second-order valence-corrected chi connectivity index (χ2v) is 16.5. The van der Waals surface area contributed by atoms with Crippen molar-refractivity contribution in [3.63, 3.8) is 0 Å². The number of phenols is 1. The van der Waals surface area contributed by atoms with Gasteiger partial charge in [-0.15, -0.1) is 0 Å². The summed E-state index contributed by atoms with van der Waals surface area (Å²) in [5.74, 6) is 0.692. The van der Waals surface area contributed by atoms with Crippen LogP contribution in [0.3, 0.4) is 0 Å². The molecule has 0 heterocycles. The van der Waals surface area contributed by atoms with Gasteiger partial charge in [-0.2, -0.15) is 0 Å². The molecule has 1 aromatic rings. The Hall–Kier alpha value is -1.03. The predicted molar refractivity (Wildman–Crippen MR) is 189 cm³/mol. The minimum Gasteiger partial charge on any atom is -0.507 e. The summed E-state index contributed by atoms with van der Waals surface area (Å²) in [6.07, 6.45) is 24.5. The van der Waals surface area contributed by atoms with Crippen molar-refractivity contribution < 1.29 is 23.2 Å². The highest BCUT2D eigenvalue weighted by molar-refractivity contribution is 7.48. The Morgan fingerprint density at radius 1 is 0.545 bits per heavy atom. The molecule has 6 heteroatoms. The number of unbranched alkanes of at least 4 members (excludes halogenated alkanes) is 18. The van der Waals surface area contributed by atoms with Gasteiger partial charge in [-0.1, -0.05) is 171 Å². The summed E-state index contributed by atoms with van der Waals surface area (Å²) < 4.78 is 31.9. The third-order valence-electron chi connectivity index (χ3n) is 8.41. The average molecular weight is 639 g/mol. The van der Waals surface area contributed by atoms with Gasteiger partial charge in [-0.25, -0.2) is 4.57 Å². The number of benzene rings is 1. The molecule has 0 spiro atoms. The van der Waals surface area contributed by atoms with Gasteiger partial charge in [0.15, 0.2) is 0 Å². The first-order chi connectivity index (χ1) is 20.8. The van der Waals surface area contributed by atoms with Crippen molar-refractivity contribution in [3.8, 4) is 11.5 Å². The van der Waals surface area contributed by atoms with Crippen LogP contribution >= 0.6 is 7.82 Å². The van der Waals surface area contributed by atoms with E-state index in [0.29, 0.717) is 19.0 Å². The van der Waals surface area contributed by atoms with Gasteiger partial charge >= 0.3 is 7.82 Å². The number of phosphoric ester groups is 1. The van der Waals surface area contributed by atoms with Crippen LogP contribution < -0.4 is 4.52 Å². The molecule has 0 amide bonds. The minimum atomic E-state index is -3.84. The standard InChI is InChI=1S/C38H71O5P/c1-9-11-13-15-17-19-21-23-25-27-29-41-44(40,42-30-28-26-24-22-20-18-16-14-12-10-2)43-33-31-34(37(3,4)5)36(39)35(32-33)38(6,7)8/h31-32,39H,9-30H2,1-8H3. The van der Waals surface area contributed by atoms with Crippen LogP contribution in [0.1, 0.15) is 195 Å². The van der Waals surface area contributed by atoms with Crippen LogP contribution in [0.2, 0.25) is 0 Å². The van der Waals surface area contributed by atoms with Gasteiger partial charge in [0.05, 0.1) is 13.2 Å². The molecule has 0 saturated heterocycles. The zero-order valence-corrected chi connectivity index (χ0v) is 31.1. The van der Waals surface area contributed by atoms with Gasteiger partial charge in [-0.05, 0) is 35.8 Å². The third kappa shape index (κ3) is 18.2. The second kappa shape index (κ2) is 22.5. The number of rotatable bonds is 26. The summed E-state index contributed by atoms with van der Waals surface area (Å²) in [5, 5.41) is 11.1. The minimum absolute atomic E-state index is 0.268. The van der Waals surface area contributed by atoms with Crippen molar-refractivity contribution in [2.24, 2.45) is 0 Å². The molecule has 1 aromatic carbocycles. The van der Waals surface area contributed by atoms with Gasteiger partial charge in [0, 0.05) is 11.1 Å². The molecule has 0 fully saturated rings. The first-order valence-corrected chi connectivity index (χ1v) is 19.8. The number of phenolic OH excluding ortho intramolecular Hbond substituents is 1. The van der Waals surface area contributed by atoms with Crippen molar-refractivity contribution in [1.29, 1.82) is 0 Å². The summed E-state index contributed by atoms with van der Waals surface area (Å²) in [6.45, 7) is 17.6. The Bertz CT molecular complexity index is 850. The van der Waals surface area contributed by atoms with Crippen molar-refractivity contribution in [2.75, 3.05) is 13.2 Å². The average Bonchev–Trinajstić information content (AvgIpc) is 2.94. The Labute approximate surface area is 273 Å². The van der Waals surface area contributed by atoms with Crippen LogP contribution in [-0.2, 0) is 24.4 Å². The van der Waals surface area contributed by atoms with Crippen molar-refractivity contribution in [1.82, 2.24) is 0 Å². The molecule has 0 radical (unpaired) electrons. The number of aromatic hydroxyl groups is 1. The second-order valence-electron chi connectivity index (χ2n) is 14.9. The predicted octanol–water partition coefficient (Wildman–Crippen LogP) is 13.3. The lowest BCUT2D eigenvalue weighted by atomic mass is 9.79. The van der Waals surface area contributed by atoms with Gasteiger partial charge in [-0.3, -0.25) is 9.05 Å². The SMILES string of the molecule is CCCCCCCCCCCCOP(=O)(OCCCCCCCCCCCC)Oc1cc(C(C)(C)C)c(O)c(C(C)(C)C)c1. The first kappa shape index (κ1) is 41.0. The number of hydrogen-bond donors (Lipinski definition) is 1. The Kier molecular flexibility index (Phi) is 21.0. The monoisotopic (exact) mass is 639 g/mol. The van der Waals surface area contributed by atoms with Gasteiger partial charge in [0.25, 0.3) is 0 Å². The van der Waals surface area contributed by atoms with Crippen LogP contribution in [-0.4, -0.2) is 18.3 Å². The zero-order valence-electron chi connectivity index (χ0n) is 30.2. The van der Waals surface area contributed by atoms with E-state index in [1.54, 1.807) is 12.1 Å². The molecule has 0 aromatic heterocycles. The summed E-state index contributed by atoms with van der Waals surface area (Å²) in [7, 11) is -3.84. The Morgan fingerprint density at radius 2 is 0.841 bits per heavy atom. The summed E-state index contributed by atoms with van der Waals surface area (Å²) >= 11 is 0. The van der Waals surface area contributed by atoms with Gasteiger partial charge in [0.1, 0.15) is 11.5 Å². The maximum absolute atomic E-state index is 14.0. The smallest absolute Gasteiger partial charge is 0.507 e. The molecule has 0 saturated carbocycles. The molecule has 0 aliphatic carbocycles. The van der Waals surface area contributed by atoms with Crippen molar-refractivity contribution in [2.45, 2.75) is 195 Å². The third-order valence-corrected chi connectivity index (χ3v) is 9.84. The topological polar surface area (TPSA) is 65.0 Å². The van der Waals surface area contributed by atoms with Crippen LogP contribution in [0.15, 0.2) is 12.1 Å². The highest BCUT2D eigenvalue weighted by Crippen LogP contribution is 2.52. The van der Waals surface area contributed by atoms with E-state index in [2.05, 4.69) is 55.4 Å². The molecule has 258 valence electrons. The van der Waals surface area contributed by atoms with Crippen molar-refractivity contribution in [3.05, 3.63) is 23.3 Å². The lowest BCUT2D eigenvalue weighted by Crippen LogP contribution is -2.17. The molecule has 1 rings (SSSR count). The molecular formula is C38H71O5P. The fraction of sp³-hybridized carbons (Fsp3) is 0.842. The molecule has 0 unspecified atom stereocenters. The lowest BCUT2D eigenvalue weighted by molar-refractivity contribution is 0.150. The van der Waals surface area contributed by atoms with Gasteiger partial charge in [0.2, 0.25) is 0 Å². The maximum atomic E-state index is 14.0. The van der Waals surface area contributed by atoms with E-state index in [-0.39, 0.29) is 16.6 Å². The molecule has 0 bridgehead atoms. The van der Waals surface area contributed by atoms with Gasteiger partial charge < -0.3 is 9.63 Å². The largest absolute Gasteiger partial charge is 0.530 e. The molecule has 1 N–H and O–H groups in total. The van der Waals surface area contributed by atoms with E-state index in [9.17, 15) is 9.67 Å². The van der Waals surface area contributed by atoms with E-state index >= 15 is 0 Å². The highest BCUT2D eigenvalue weighted by Gasteiger charge is 2.32. The molecule has 0 atom stereocenters. The van der Waals surface area contributed by atoms with E-state index in [1.165, 1.54) is 103 Å². The van der Waals surface area contributed by atoms with Crippen LogP contribution in [0.4, 0.5) is 0 Å². The van der Waals surface area contributed by atoms with Crippen LogP contribution in [0, 0.1) is 0 Å². The van der Waals surface area contributed by atoms with E-state index in [0.717, 1.165) is 36.8 Å². The number of hydrogen-bond acceptors (Lipinski definition) is 5. The summed E-state index contributed by atoms with van der Waals surface area (Å²) in [4.78, 5) is 0. The van der Waals surface area contributed by atoms with Crippen LogP contribution in [0.25, 0.3) is 0 Å². The molecule has 5 nitrogen and oxygen atoms in total. The van der Waals surface area contributed by atoms with E-state index in [4.69, 9.17) is 13.6 Å². The summed E-state index contributed by atoms with van der Waals surface area (Å²) in [6, 6.07) is 3.59. The highest BCUT2D eigenvalue weighted by atomic mass is 31.2. The fourth-order valence-corrected chi connectivity index (χ4v) is 6.80. The molecular weight excluding hydrogens is 567 g/mol. The zero-order chi connectivity index (χ0) is 32.9. The number of phosphoric acid groups is 1. The summed E-state index contributed by atoms with van der Waals surface area (Å²) in [5.41, 5.74) is 0.884. The van der Waals surface area contributed by atoms with Crippen molar-refractivity contribution >= 4 is 7.82 Å². The fourth-order valence-electron chi connectivity index (χ4n) is 5.55. The Balaban J connectivity index is 2.75. The van der Waals surface area contributed by atoms with E-state index < -0.39 is 7.82 Å². The molecule has 0 aliphatic rings. The van der Waals surface area contributed by atoms with Crippen LogP contribution in [0.5, 0.6) is 11.5 Å². The molecule has 44 heavy (non-hydrogen) atoms. The first-order valence-electron chi connectivity index (χ1n) is 18.3. The lowest BCUT2D eigenvalue weighted by Gasteiger charge is -2.28. The maximum Gasteiger partial charge on any atom is 0.530 e. The Morgan fingerprint density at radius 3 is 1.14 bits per heavy atom.